The molecule has 0 spiro atoms. The number of benzene rings is 1. The Kier molecular flexibility index (Phi) is 6.10. The van der Waals surface area contributed by atoms with Gasteiger partial charge in [-0.25, -0.2) is 9.97 Å². The maximum Gasteiger partial charge on any atom is 0.416 e. The second kappa shape index (κ2) is 8.54. The van der Waals surface area contributed by atoms with Crippen LogP contribution < -0.4 is 5.32 Å². The second-order valence-electron chi connectivity index (χ2n) is 7.20. The number of thioether (sulfide) groups is 1. The topological polar surface area (TPSA) is 54.9 Å². The molecule has 0 unspecified atom stereocenters. The van der Waals surface area contributed by atoms with Gasteiger partial charge in [0, 0.05) is 16.0 Å². The zero-order valence-corrected chi connectivity index (χ0v) is 17.9. The molecule has 1 aromatic carbocycles. The Morgan fingerprint density at radius 2 is 1.66 bits per heavy atom. The van der Waals surface area contributed by atoms with Crippen molar-refractivity contribution < 1.29 is 31.1 Å². The molecule has 2 heterocycles. The van der Waals surface area contributed by atoms with Gasteiger partial charge in [-0.05, 0) is 49.4 Å². The number of rotatable bonds is 4. The number of nitrogens with zero attached hydrogens (tertiary/aromatic N) is 2. The molecule has 1 aliphatic rings. The van der Waals surface area contributed by atoms with Gasteiger partial charge >= 0.3 is 12.4 Å². The fourth-order valence-electron chi connectivity index (χ4n) is 3.53. The van der Waals surface area contributed by atoms with Gasteiger partial charge in [0.2, 0.25) is 5.91 Å². The van der Waals surface area contributed by atoms with Crippen molar-refractivity contribution >= 4 is 44.9 Å². The average Bonchev–Trinajstić information content (AvgIpc) is 3.10. The number of aromatic nitrogens is 2. The van der Waals surface area contributed by atoms with Gasteiger partial charge in [-0.1, -0.05) is 11.8 Å². The number of amides is 1. The highest BCUT2D eigenvalue weighted by atomic mass is 32.2. The standard InChI is InChI=1S/C20H15F6N3OS2/c21-19(22,23)10-5-11(20(24,25)26)7-12(6-10)29-15(30)8-31-17-16-13-3-1-2-4-14(13)32-18(16)28-9-27-17/h5-7,9H,1-4,8H2,(H,29,30). The van der Waals surface area contributed by atoms with Gasteiger partial charge in [0.25, 0.3) is 0 Å². The number of nitrogens with one attached hydrogen (secondary N) is 1. The molecule has 0 bridgehead atoms. The molecule has 0 atom stereocenters. The quantitative estimate of drug-likeness (QED) is 0.263. The number of carbonyl (C=O) groups excluding carboxylic acids is 1. The zero-order valence-electron chi connectivity index (χ0n) is 16.2. The van der Waals surface area contributed by atoms with E-state index in [1.807, 2.05) is 0 Å². The maximum absolute atomic E-state index is 13.0. The third-order valence-electron chi connectivity index (χ3n) is 4.93. The molecule has 0 fully saturated rings. The normalized spacial score (nSPS) is 14.4. The van der Waals surface area contributed by atoms with Crippen molar-refractivity contribution in [3.8, 4) is 0 Å². The van der Waals surface area contributed by atoms with Crippen LogP contribution in [0.15, 0.2) is 29.6 Å². The number of thiophene rings is 1. The van der Waals surface area contributed by atoms with E-state index in [0.29, 0.717) is 17.2 Å². The van der Waals surface area contributed by atoms with Gasteiger partial charge in [-0.15, -0.1) is 11.3 Å². The third kappa shape index (κ3) is 4.85. The van der Waals surface area contributed by atoms with Crippen LogP contribution in [0.2, 0.25) is 0 Å². The molecule has 4 nitrogen and oxygen atoms in total. The first kappa shape index (κ1) is 22.8. The fourth-order valence-corrected chi connectivity index (χ4v) is 5.65. The van der Waals surface area contributed by atoms with Crippen molar-refractivity contribution in [2.45, 2.75) is 43.1 Å². The molecule has 0 aliphatic heterocycles. The Morgan fingerprint density at radius 3 is 2.31 bits per heavy atom. The van der Waals surface area contributed by atoms with Crippen LogP contribution in [0, 0.1) is 0 Å². The fraction of sp³-hybridized carbons (Fsp3) is 0.350. The molecule has 1 N–H and O–H groups in total. The lowest BCUT2D eigenvalue weighted by Crippen LogP contribution is -2.17. The SMILES string of the molecule is O=C(CSc1ncnc2sc3c(c12)CCCC3)Nc1cc(C(F)(F)F)cc(C(F)(F)F)c1. The van der Waals surface area contributed by atoms with E-state index in [-0.39, 0.29) is 11.8 Å². The van der Waals surface area contributed by atoms with Gasteiger partial charge in [0.15, 0.2) is 0 Å². The molecule has 0 saturated heterocycles. The van der Waals surface area contributed by atoms with Crippen LogP contribution >= 0.6 is 23.1 Å². The van der Waals surface area contributed by atoms with E-state index < -0.39 is 35.1 Å². The lowest BCUT2D eigenvalue weighted by molar-refractivity contribution is -0.143. The number of anilines is 1. The molecular formula is C20H15F6N3OS2. The Labute approximate surface area is 186 Å². The van der Waals surface area contributed by atoms with Crippen molar-refractivity contribution in [2.75, 3.05) is 11.1 Å². The van der Waals surface area contributed by atoms with Crippen molar-refractivity contribution in [1.82, 2.24) is 9.97 Å². The van der Waals surface area contributed by atoms with Crippen molar-refractivity contribution in [3.63, 3.8) is 0 Å². The number of carbonyl (C=O) groups is 1. The first-order chi connectivity index (χ1) is 15.0. The summed E-state index contributed by atoms with van der Waals surface area (Å²) >= 11 is 2.65. The molecule has 3 aromatic rings. The Hall–Kier alpha value is -2.34. The molecule has 2 aromatic heterocycles. The van der Waals surface area contributed by atoms with Crippen LogP contribution in [0.1, 0.15) is 34.4 Å². The van der Waals surface area contributed by atoms with Crippen LogP contribution in [-0.2, 0) is 30.0 Å². The zero-order chi connectivity index (χ0) is 23.1. The smallest absolute Gasteiger partial charge is 0.325 e. The number of hydrogen-bond donors (Lipinski definition) is 1. The minimum atomic E-state index is -4.99. The summed E-state index contributed by atoms with van der Waals surface area (Å²) in [6.45, 7) is 0. The molecule has 170 valence electrons. The summed E-state index contributed by atoms with van der Waals surface area (Å²) < 4.78 is 78.0. The molecule has 4 rings (SSSR count). The molecule has 0 radical (unpaired) electrons. The van der Waals surface area contributed by atoms with Gasteiger partial charge in [-0.3, -0.25) is 4.79 Å². The number of alkyl halides is 6. The molecule has 32 heavy (non-hydrogen) atoms. The van der Waals surface area contributed by atoms with E-state index in [1.165, 1.54) is 11.2 Å². The highest BCUT2D eigenvalue weighted by Gasteiger charge is 2.37. The van der Waals surface area contributed by atoms with E-state index in [0.717, 1.165) is 53.2 Å². The Bertz CT molecular complexity index is 1140. The second-order valence-corrected chi connectivity index (χ2v) is 9.25. The van der Waals surface area contributed by atoms with E-state index in [2.05, 4.69) is 15.3 Å². The highest BCUT2D eigenvalue weighted by Crippen LogP contribution is 2.40. The van der Waals surface area contributed by atoms with Crippen molar-refractivity contribution in [3.05, 3.63) is 46.1 Å². The van der Waals surface area contributed by atoms with Gasteiger partial charge < -0.3 is 5.32 Å². The van der Waals surface area contributed by atoms with Crippen LogP contribution in [-0.4, -0.2) is 21.6 Å². The summed E-state index contributed by atoms with van der Waals surface area (Å²) in [4.78, 5) is 22.9. The number of fused-ring (bicyclic) bond motifs is 3. The maximum atomic E-state index is 13.0. The summed E-state index contributed by atoms with van der Waals surface area (Å²) in [5.41, 5.74) is -2.39. The monoisotopic (exact) mass is 491 g/mol. The first-order valence-electron chi connectivity index (χ1n) is 9.50. The van der Waals surface area contributed by atoms with Crippen LogP contribution in [0.5, 0.6) is 0 Å². The summed E-state index contributed by atoms with van der Waals surface area (Å²) in [6.07, 6.45) is -4.62. The summed E-state index contributed by atoms with van der Waals surface area (Å²) in [5.74, 6) is -0.966. The molecular weight excluding hydrogens is 476 g/mol. The predicted molar refractivity (Wildman–Crippen MR) is 110 cm³/mol. The van der Waals surface area contributed by atoms with Gasteiger partial charge in [0.1, 0.15) is 16.2 Å². The van der Waals surface area contributed by atoms with E-state index in [1.54, 1.807) is 11.3 Å². The minimum absolute atomic E-state index is 0.0156. The third-order valence-corrected chi connectivity index (χ3v) is 7.12. The lowest BCUT2D eigenvalue weighted by Gasteiger charge is -2.15. The predicted octanol–water partition coefficient (Wildman–Crippen LogP) is 6.34. The Morgan fingerprint density at radius 1 is 1.00 bits per heavy atom. The molecule has 1 amide bonds. The summed E-state index contributed by atoms with van der Waals surface area (Å²) in [5, 5.41) is 3.59. The first-order valence-corrected chi connectivity index (χ1v) is 11.3. The Balaban J connectivity index is 1.53. The van der Waals surface area contributed by atoms with E-state index in [4.69, 9.17) is 0 Å². The van der Waals surface area contributed by atoms with Crippen molar-refractivity contribution in [1.29, 1.82) is 0 Å². The lowest BCUT2D eigenvalue weighted by atomic mass is 9.97. The largest absolute Gasteiger partial charge is 0.416 e. The number of halogens is 6. The highest BCUT2D eigenvalue weighted by molar-refractivity contribution is 8.00. The summed E-state index contributed by atoms with van der Waals surface area (Å²) in [7, 11) is 0. The minimum Gasteiger partial charge on any atom is -0.325 e. The van der Waals surface area contributed by atoms with Crippen LogP contribution in [0.3, 0.4) is 0 Å². The summed E-state index contributed by atoms with van der Waals surface area (Å²) in [6, 6.07) is 0.980. The van der Waals surface area contributed by atoms with Gasteiger partial charge in [-0.2, -0.15) is 26.3 Å². The number of hydrogen-bond acceptors (Lipinski definition) is 5. The van der Waals surface area contributed by atoms with Crippen LogP contribution in [0.25, 0.3) is 10.2 Å². The van der Waals surface area contributed by atoms with E-state index in [9.17, 15) is 31.1 Å². The number of aryl methyl sites for hydroxylation is 2. The van der Waals surface area contributed by atoms with Crippen LogP contribution in [0.4, 0.5) is 32.0 Å². The molecule has 1 aliphatic carbocycles. The van der Waals surface area contributed by atoms with Gasteiger partial charge in [0.05, 0.1) is 16.9 Å². The van der Waals surface area contributed by atoms with E-state index >= 15 is 0 Å². The molecule has 12 heteroatoms. The van der Waals surface area contributed by atoms with Crippen molar-refractivity contribution in [2.24, 2.45) is 0 Å². The molecule has 0 saturated carbocycles. The average molecular weight is 491 g/mol.